The highest BCUT2D eigenvalue weighted by Crippen LogP contribution is 2.47. The van der Waals surface area contributed by atoms with Crippen molar-refractivity contribution in [2.75, 3.05) is 4.90 Å². The Morgan fingerprint density at radius 3 is 2.22 bits per heavy atom. The van der Waals surface area contributed by atoms with Crippen molar-refractivity contribution in [2.45, 2.75) is 25.7 Å². The minimum Gasteiger partial charge on any atom is -0.456 e. The molecule has 0 aliphatic heterocycles. The molecular formula is C48H37NO. The second kappa shape index (κ2) is 12.7. The molecule has 2 aliphatic rings. The third-order valence-electron chi connectivity index (χ3n) is 10.1. The summed E-state index contributed by atoms with van der Waals surface area (Å²) in [6, 6.07) is 45.7. The van der Waals surface area contributed by atoms with Gasteiger partial charge in [0.05, 0.1) is 11.4 Å². The Hall–Kier alpha value is -6.12. The van der Waals surface area contributed by atoms with Gasteiger partial charge < -0.3 is 9.32 Å². The molecular weight excluding hydrogens is 607 g/mol. The monoisotopic (exact) mass is 643 g/mol. The van der Waals surface area contributed by atoms with Gasteiger partial charge in [-0.25, -0.2) is 0 Å². The van der Waals surface area contributed by atoms with Crippen LogP contribution in [-0.2, 0) is 12.8 Å². The highest BCUT2D eigenvalue weighted by molar-refractivity contribution is 5.99. The van der Waals surface area contributed by atoms with Crippen molar-refractivity contribution in [1.29, 1.82) is 0 Å². The molecule has 1 aromatic heterocycles. The molecule has 2 heteroatoms. The maximum absolute atomic E-state index is 6.68. The molecule has 0 saturated carbocycles. The lowest BCUT2D eigenvalue weighted by Gasteiger charge is -2.33. The van der Waals surface area contributed by atoms with E-state index < -0.39 is 0 Å². The molecule has 1 heterocycles. The number of furan rings is 1. The first kappa shape index (κ1) is 30.0. The van der Waals surface area contributed by atoms with Gasteiger partial charge in [-0.15, -0.1) is 0 Å². The third-order valence-corrected chi connectivity index (χ3v) is 10.1. The van der Waals surface area contributed by atoms with Crippen LogP contribution in [0.2, 0.25) is 0 Å². The molecule has 50 heavy (non-hydrogen) atoms. The Morgan fingerprint density at radius 1 is 0.620 bits per heavy atom. The lowest BCUT2D eigenvalue weighted by Crippen LogP contribution is -2.17. The smallest absolute Gasteiger partial charge is 0.136 e. The van der Waals surface area contributed by atoms with Crippen molar-refractivity contribution in [1.82, 2.24) is 0 Å². The summed E-state index contributed by atoms with van der Waals surface area (Å²) < 4.78 is 6.68. The molecule has 6 aromatic carbocycles. The number of hydrogen-bond acceptors (Lipinski definition) is 2. The molecule has 0 bridgehead atoms. The van der Waals surface area contributed by atoms with Gasteiger partial charge in [0, 0.05) is 27.8 Å². The molecule has 9 rings (SSSR count). The summed E-state index contributed by atoms with van der Waals surface area (Å²) in [7, 11) is 0. The molecule has 7 aromatic rings. The zero-order valence-electron chi connectivity index (χ0n) is 28.0. The summed E-state index contributed by atoms with van der Waals surface area (Å²) in [5, 5.41) is 3.45. The van der Waals surface area contributed by atoms with Gasteiger partial charge >= 0.3 is 0 Å². The maximum Gasteiger partial charge on any atom is 0.136 e. The van der Waals surface area contributed by atoms with Gasteiger partial charge in [-0.2, -0.15) is 0 Å². The molecule has 0 spiro atoms. The van der Waals surface area contributed by atoms with Gasteiger partial charge in [-0.3, -0.25) is 0 Å². The average molecular weight is 644 g/mol. The second-order valence-corrected chi connectivity index (χ2v) is 13.2. The van der Waals surface area contributed by atoms with Crippen molar-refractivity contribution >= 4 is 56.5 Å². The Morgan fingerprint density at radius 2 is 1.36 bits per heavy atom. The van der Waals surface area contributed by atoms with E-state index in [1.807, 2.05) is 6.08 Å². The minimum atomic E-state index is 0.816. The van der Waals surface area contributed by atoms with Crippen LogP contribution in [0.15, 0.2) is 163 Å². The number of rotatable bonds is 7. The van der Waals surface area contributed by atoms with Gasteiger partial charge in [0.2, 0.25) is 0 Å². The van der Waals surface area contributed by atoms with Crippen molar-refractivity contribution in [3.63, 3.8) is 0 Å². The number of hydrogen-bond donors (Lipinski definition) is 0. The predicted octanol–water partition coefficient (Wildman–Crippen LogP) is 13.3. The SMILES string of the molecule is C=C/C=C(\c1cc2cc3ccccc3cc2o1)c1ccccc1N(c1cccc(-c2ccccc2)c1)c1cc2c(c3c1C=CCC3)CCC=C2. The van der Waals surface area contributed by atoms with Gasteiger partial charge in [0.15, 0.2) is 0 Å². The Balaban J connectivity index is 1.29. The molecule has 2 aliphatic carbocycles. The van der Waals surface area contributed by atoms with Gasteiger partial charge in [-0.05, 0) is 107 Å². The standard InChI is InChI=1S/C48H37NO/c1-2-15-44(48-32-38-28-34-18-6-7-19-36(34)31-47(38)50-48)43-26-12-13-27-45(43)49(39-22-14-21-35(29-39)33-16-4-3-5-17-33)46-30-37-20-8-9-23-40(37)41-24-10-11-25-42(41)46/h2-8,11-22,25-32H,1,9-10,23-24H2/b44-15-. The largest absolute Gasteiger partial charge is 0.456 e. The first-order valence-electron chi connectivity index (χ1n) is 17.6. The maximum atomic E-state index is 6.68. The van der Waals surface area contributed by atoms with Crippen LogP contribution in [0.5, 0.6) is 0 Å². The van der Waals surface area contributed by atoms with E-state index in [1.165, 1.54) is 49.8 Å². The number of anilines is 3. The van der Waals surface area contributed by atoms with E-state index in [2.05, 4.69) is 169 Å². The number of allylic oxidation sites excluding steroid dienone is 4. The van der Waals surface area contributed by atoms with Crippen molar-refractivity contribution in [2.24, 2.45) is 0 Å². The highest BCUT2D eigenvalue weighted by Gasteiger charge is 2.26. The van der Waals surface area contributed by atoms with Crippen LogP contribution in [0.25, 0.3) is 50.6 Å². The van der Waals surface area contributed by atoms with E-state index in [0.717, 1.165) is 64.9 Å². The molecule has 2 nitrogen and oxygen atoms in total. The van der Waals surface area contributed by atoms with Crippen LogP contribution in [-0.4, -0.2) is 0 Å². The van der Waals surface area contributed by atoms with Gasteiger partial charge in [-0.1, -0.05) is 128 Å². The van der Waals surface area contributed by atoms with Crippen LogP contribution in [0.4, 0.5) is 17.1 Å². The second-order valence-electron chi connectivity index (χ2n) is 13.2. The topological polar surface area (TPSA) is 16.4 Å². The number of fused-ring (bicyclic) bond motifs is 5. The van der Waals surface area contributed by atoms with Crippen LogP contribution >= 0.6 is 0 Å². The fourth-order valence-electron chi connectivity index (χ4n) is 7.81. The molecule has 240 valence electrons. The normalized spacial score (nSPS) is 13.7. The molecule has 0 amide bonds. The lowest BCUT2D eigenvalue weighted by atomic mass is 9.83. The van der Waals surface area contributed by atoms with Crippen LogP contribution in [0.1, 0.15) is 46.4 Å². The van der Waals surface area contributed by atoms with Crippen LogP contribution in [0, 0.1) is 0 Å². The fraction of sp³-hybridized carbons (Fsp3) is 0.0833. The highest BCUT2D eigenvalue weighted by atomic mass is 16.3. The zero-order chi connectivity index (χ0) is 33.4. The number of para-hydroxylation sites is 1. The van der Waals surface area contributed by atoms with E-state index in [-0.39, 0.29) is 0 Å². The van der Waals surface area contributed by atoms with Gasteiger partial charge in [0.25, 0.3) is 0 Å². The summed E-state index contributed by atoms with van der Waals surface area (Å²) in [5.74, 6) is 0.816. The average Bonchev–Trinajstić information content (AvgIpc) is 3.59. The summed E-state index contributed by atoms with van der Waals surface area (Å²) in [6.07, 6.45) is 17.6. The molecule has 0 saturated heterocycles. The summed E-state index contributed by atoms with van der Waals surface area (Å²) >= 11 is 0. The van der Waals surface area contributed by atoms with Gasteiger partial charge in [0.1, 0.15) is 11.3 Å². The molecule has 0 N–H and O–H groups in total. The van der Waals surface area contributed by atoms with Crippen LogP contribution in [0.3, 0.4) is 0 Å². The fourth-order valence-corrected chi connectivity index (χ4v) is 7.81. The minimum absolute atomic E-state index is 0.816. The molecule has 0 radical (unpaired) electrons. The van der Waals surface area contributed by atoms with Crippen LogP contribution < -0.4 is 4.90 Å². The van der Waals surface area contributed by atoms with E-state index in [0.29, 0.717) is 0 Å². The zero-order valence-corrected chi connectivity index (χ0v) is 28.0. The quantitative estimate of drug-likeness (QED) is 0.161. The van der Waals surface area contributed by atoms with E-state index in [9.17, 15) is 0 Å². The van der Waals surface area contributed by atoms with E-state index in [1.54, 1.807) is 0 Å². The summed E-state index contributed by atoms with van der Waals surface area (Å²) in [5.41, 5.74) is 14.3. The molecule has 0 fully saturated rings. The number of benzene rings is 6. The van der Waals surface area contributed by atoms with E-state index in [4.69, 9.17) is 4.42 Å². The summed E-state index contributed by atoms with van der Waals surface area (Å²) in [6.45, 7) is 4.14. The number of nitrogens with zero attached hydrogens (tertiary/aromatic N) is 1. The Bertz CT molecular complexity index is 2460. The van der Waals surface area contributed by atoms with Crippen molar-refractivity contribution in [3.05, 3.63) is 192 Å². The Labute approximate surface area is 293 Å². The third kappa shape index (κ3) is 5.30. The first-order valence-corrected chi connectivity index (χ1v) is 17.6. The first-order chi connectivity index (χ1) is 24.7. The Kier molecular flexibility index (Phi) is 7.63. The van der Waals surface area contributed by atoms with Crippen molar-refractivity contribution < 1.29 is 4.42 Å². The lowest BCUT2D eigenvalue weighted by molar-refractivity contribution is 0.601. The van der Waals surface area contributed by atoms with E-state index >= 15 is 0 Å². The van der Waals surface area contributed by atoms with Crippen molar-refractivity contribution in [3.8, 4) is 11.1 Å². The molecule has 0 atom stereocenters. The molecule has 0 unspecified atom stereocenters. The summed E-state index contributed by atoms with van der Waals surface area (Å²) in [4.78, 5) is 2.47. The predicted molar refractivity (Wildman–Crippen MR) is 212 cm³/mol.